The number of fused-ring (bicyclic) bond motifs is 3. The Hall–Kier alpha value is -3.40. The SMILES string of the molecule is Cn1c(-c2ccc(C3(C)CC3)cc2F)cc2c(C3CC3)cc(C(=O)N3CCc4ccccc4C34CC4)cc21. The zero-order valence-corrected chi connectivity index (χ0v) is 22.2. The number of hydrogen-bond donors (Lipinski definition) is 0. The molecule has 1 spiro atoms. The maximum Gasteiger partial charge on any atom is 0.254 e. The predicted octanol–water partition coefficient (Wildman–Crippen LogP) is 7.60. The summed E-state index contributed by atoms with van der Waals surface area (Å²) in [5.41, 5.74) is 8.38. The molecule has 3 saturated carbocycles. The number of amides is 1. The molecule has 4 aromatic rings. The van der Waals surface area contributed by atoms with Crippen LogP contribution < -0.4 is 0 Å². The zero-order valence-electron chi connectivity index (χ0n) is 22.2. The molecule has 0 N–H and O–H groups in total. The summed E-state index contributed by atoms with van der Waals surface area (Å²) in [5.74, 6) is 0.463. The Morgan fingerprint density at radius 1 is 0.974 bits per heavy atom. The first-order valence-electron chi connectivity index (χ1n) is 14.2. The van der Waals surface area contributed by atoms with Gasteiger partial charge in [-0.1, -0.05) is 37.3 Å². The van der Waals surface area contributed by atoms with Crippen LogP contribution in [0.1, 0.15) is 84.0 Å². The highest BCUT2D eigenvalue weighted by Gasteiger charge is 2.54. The molecule has 3 aliphatic carbocycles. The molecule has 1 aliphatic heterocycles. The predicted molar refractivity (Wildman–Crippen MR) is 149 cm³/mol. The van der Waals surface area contributed by atoms with E-state index >= 15 is 4.39 Å². The Balaban J connectivity index is 1.22. The summed E-state index contributed by atoms with van der Waals surface area (Å²) < 4.78 is 17.6. The van der Waals surface area contributed by atoms with Crippen LogP contribution in [0.25, 0.3) is 22.2 Å². The van der Waals surface area contributed by atoms with E-state index in [0.717, 1.165) is 79.2 Å². The van der Waals surface area contributed by atoms with Crippen molar-refractivity contribution in [3.05, 3.63) is 94.3 Å². The van der Waals surface area contributed by atoms with Crippen molar-refractivity contribution in [2.45, 2.75) is 68.7 Å². The number of benzene rings is 3. The van der Waals surface area contributed by atoms with E-state index in [0.29, 0.717) is 11.5 Å². The van der Waals surface area contributed by atoms with Gasteiger partial charge in [-0.2, -0.15) is 0 Å². The van der Waals surface area contributed by atoms with Gasteiger partial charge in [-0.15, -0.1) is 0 Å². The summed E-state index contributed by atoms with van der Waals surface area (Å²) in [7, 11) is 2.01. The first-order chi connectivity index (χ1) is 18.4. The van der Waals surface area contributed by atoms with Gasteiger partial charge in [0.15, 0.2) is 0 Å². The third-order valence-corrected chi connectivity index (χ3v) is 10.0. The van der Waals surface area contributed by atoms with Gasteiger partial charge in [-0.3, -0.25) is 4.79 Å². The lowest BCUT2D eigenvalue weighted by molar-refractivity contribution is 0.0626. The molecule has 192 valence electrons. The lowest BCUT2D eigenvalue weighted by Gasteiger charge is -2.38. The highest BCUT2D eigenvalue weighted by molar-refractivity contribution is 6.01. The minimum atomic E-state index is -0.159. The van der Waals surface area contributed by atoms with E-state index in [4.69, 9.17) is 0 Å². The smallest absolute Gasteiger partial charge is 0.254 e. The van der Waals surface area contributed by atoms with Gasteiger partial charge in [0.05, 0.1) is 11.2 Å². The second-order valence-corrected chi connectivity index (χ2v) is 12.5. The summed E-state index contributed by atoms with van der Waals surface area (Å²) in [6, 6.07) is 20.8. The normalized spacial score (nSPS) is 20.6. The van der Waals surface area contributed by atoms with Gasteiger partial charge < -0.3 is 9.47 Å². The summed E-state index contributed by atoms with van der Waals surface area (Å²) in [6.07, 6.45) is 7.55. The molecule has 38 heavy (non-hydrogen) atoms. The Morgan fingerprint density at radius 2 is 1.76 bits per heavy atom. The number of rotatable bonds is 4. The first-order valence-corrected chi connectivity index (χ1v) is 14.2. The molecule has 2 heterocycles. The van der Waals surface area contributed by atoms with Crippen LogP contribution in [0, 0.1) is 5.82 Å². The Morgan fingerprint density at radius 3 is 2.47 bits per heavy atom. The Kier molecular flexibility index (Phi) is 4.51. The molecule has 3 nitrogen and oxygen atoms in total. The molecule has 0 unspecified atom stereocenters. The van der Waals surface area contributed by atoms with Crippen molar-refractivity contribution in [3.63, 3.8) is 0 Å². The largest absolute Gasteiger partial charge is 0.344 e. The van der Waals surface area contributed by atoms with E-state index in [-0.39, 0.29) is 22.7 Å². The van der Waals surface area contributed by atoms with E-state index in [1.807, 2.05) is 13.1 Å². The average Bonchev–Trinajstić information content (AvgIpc) is 3.82. The van der Waals surface area contributed by atoms with Crippen LogP contribution in [0.3, 0.4) is 0 Å². The van der Waals surface area contributed by atoms with Gasteiger partial charge in [0.1, 0.15) is 5.82 Å². The molecule has 4 heteroatoms. The molecule has 0 atom stereocenters. The maximum atomic E-state index is 15.5. The van der Waals surface area contributed by atoms with Crippen molar-refractivity contribution < 1.29 is 9.18 Å². The molecule has 0 saturated heterocycles. The molecule has 4 aliphatic rings. The maximum absolute atomic E-state index is 15.5. The summed E-state index contributed by atoms with van der Waals surface area (Å²) in [5, 5.41) is 1.16. The zero-order chi connectivity index (χ0) is 25.8. The number of carbonyl (C=O) groups excluding carboxylic acids is 1. The van der Waals surface area contributed by atoms with E-state index in [1.165, 1.54) is 16.7 Å². The molecular formula is C34H33FN2O. The second kappa shape index (κ2) is 7.59. The third kappa shape index (κ3) is 3.22. The van der Waals surface area contributed by atoms with Crippen LogP contribution in [-0.4, -0.2) is 21.9 Å². The van der Waals surface area contributed by atoms with Crippen molar-refractivity contribution in [3.8, 4) is 11.3 Å². The minimum absolute atomic E-state index is 0.136. The topological polar surface area (TPSA) is 25.2 Å². The number of aryl methyl sites for hydroxylation is 1. The fraction of sp³-hybridized carbons (Fsp3) is 0.382. The van der Waals surface area contributed by atoms with Gasteiger partial charge in [-0.05, 0) is 109 Å². The number of hydrogen-bond acceptors (Lipinski definition) is 1. The molecule has 3 aromatic carbocycles. The van der Waals surface area contributed by atoms with Crippen LogP contribution >= 0.6 is 0 Å². The van der Waals surface area contributed by atoms with E-state index in [2.05, 4.69) is 64.9 Å². The fourth-order valence-corrected chi connectivity index (χ4v) is 7.04. The van der Waals surface area contributed by atoms with Crippen molar-refractivity contribution >= 4 is 16.8 Å². The van der Waals surface area contributed by atoms with Crippen molar-refractivity contribution in [1.82, 2.24) is 9.47 Å². The van der Waals surface area contributed by atoms with Crippen molar-refractivity contribution in [2.24, 2.45) is 7.05 Å². The lowest BCUT2D eigenvalue weighted by atomic mass is 9.89. The number of aromatic nitrogens is 1. The van der Waals surface area contributed by atoms with Gasteiger partial charge in [0, 0.05) is 35.6 Å². The van der Waals surface area contributed by atoms with E-state index in [9.17, 15) is 4.79 Å². The van der Waals surface area contributed by atoms with Gasteiger partial charge in [0.2, 0.25) is 0 Å². The summed E-state index contributed by atoms with van der Waals surface area (Å²) >= 11 is 0. The molecule has 8 rings (SSSR count). The minimum Gasteiger partial charge on any atom is -0.344 e. The van der Waals surface area contributed by atoms with Crippen LogP contribution in [0.2, 0.25) is 0 Å². The third-order valence-electron chi connectivity index (χ3n) is 10.0. The number of halogens is 1. The van der Waals surface area contributed by atoms with E-state index < -0.39 is 0 Å². The molecule has 3 fully saturated rings. The fourth-order valence-electron chi connectivity index (χ4n) is 7.04. The quantitative estimate of drug-likeness (QED) is 0.281. The number of nitrogens with zero attached hydrogens (tertiary/aromatic N) is 2. The van der Waals surface area contributed by atoms with Crippen molar-refractivity contribution in [2.75, 3.05) is 6.54 Å². The lowest BCUT2D eigenvalue weighted by Crippen LogP contribution is -2.45. The standard InChI is InChI=1S/C34H33FN2O/c1-33(12-13-33)24-9-10-25(29(35)19-24)31-20-27-26(21-7-8-21)17-23(18-30(27)36(31)2)32(38)37-16-11-22-5-3-4-6-28(22)34(37)14-15-34/h3-6,9-10,17-21H,7-8,11-16H2,1-2H3. The molecule has 0 bridgehead atoms. The molecular weight excluding hydrogens is 471 g/mol. The molecule has 0 radical (unpaired) electrons. The van der Waals surface area contributed by atoms with Crippen LogP contribution in [0.5, 0.6) is 0 Å². The van der Waals surface area contributed by atoms with Gasteiger partial charge in [0.25, 0.3) is 5.91 Å². The Bertz CT molecular complexity index is 1650. The van der Waals surface area contributed by atoms with Crippen molar-refractivity contribution in [1.29, 1.82) is 0 Å². The monoisotopic (exact) mass is 504 g/mol. The summed E-state index contributed by atoms with van der Waals surface area (Å²) in [6.45, 7) is 2.98. The van der Waals surface area contributed by atoms with Crippen LogP contribution in [0.15, 0.2) is 60.7 Å². The first kappa shape index (κ1) is 22.6. The molecule has 1 aromatic heterocycles. The summed E-state index contributed by atoms with van der Waals surface area (Å²) in [4.78, 5) is 16.3. The second-order valence-electron chi connectivity index (χ2n) is 12.5. The van der Waals surface area contributed by atoms with E-state index in [1.54, 1.807) is 6.07 Å². The van der Waals surface area contributed by atoms with Gasteiger partial charge in [-0.25, -0.2) is 4.39 Å². The van der Waals surface area contributed by atoms with Crippen LogP contribution in [-0.2, 0) is 24.4 Å². The number of carbonyl (C=O) groups is 1. The highest BCUT2D eigenvalue weighted by Crippen LogP contribution is 2.55. The Labute approximate surface area is 223 Å². The van der Waals surface area contributed by atoms with Crippen LogP contribution in [0.4, 0.5) is 4.39 Å². The van der Waals surface area contributed by atoms with Gasteiger partial charge >= 0.3 is 0 Å². The average molecular weight is 505 g/mol. The molecule has 1 amide bonds. The highest BCUT2D eigenvalue weighted by atomic mass is 19.1.